The van der Waals surface area contributed by atoms with Crippen LogP contribution < -0.4 is 10.1 Å². The summed E-state index contributed by atoms with van der Waals surface area (Å²) in [6.07, 6.45) is 0.414. The molecule has 0 aliphatic heterocycles. The van der Waals surface area contributed by atoms with Crippen LogP contribution in [0.1, 0.15) is 27.2 Å². The fraction of sp³-hybridized carbons (Fsp3) is 0.533. The molecule has 0 spiro atoms. The van der Waals surface area contributed by atoms with E-state index < -0.39 is 6.10 Å². The number of carbonyl (C=O) groups is 1. The monoisotopic (exact) mass is 299 g/mol. The fourth-order valence-electron chi connectivity index (χ4n) is 1.53. The van der Waals surface area contributed by atoms with Gasteiger partial charge in [0.1, 0.15) is 5.75 Å². The number of nitrogens with one attached hydrogen (secondary N) is 1. The number of carbonyl (C=O) groups excluding carboxylic acids is 1. The predicted octanol–water partition coefficient (Wildman–Crippen LogP) is 3.04. The molecule has 0 fully saturated rings. The quantitative estimate of drug-likeness (QED) is 0.751. The number of para-hydroxylation sites is 1. The molecule has 0 saturated carbocycles. The lowest BCUT2D eigenvalue weighted by Gasteiger charge is -2.15. The van der Waals surface area contributed by atoms with Gasteiger partial charge < -0.3 is 14.8 Å². The molecule has 0 bridgehead atoms. The lowest BCUT2D eigenvalue weighted by molar-refractivity contribution is -0.127. The van der Waals surface area contributed by atoms with E-state index in [0.717, 1.165) is 6.42 Å². The average Bonchev–Trinajstić information content (AvgIpc) is 2.40. The van der Waals surface area contributed by atoms with Gasteiger partial charge in [-0.1, -0.05) is 23.7 Å². The van der Waals surface area contributed by atoms with Crippen LogP contribution in [-0.2, 0) is 9.53 Å². The van der Waals surface area contributed by atoms with Crippen molar-refractivity contribution in [2.45, 2.75) is 39.4 Å². The van der Waals surface area contributed by atoms with E-state index in [1.54, 1.807) is 19.1 Å². The van der Waals surface area contributed by atoms with E-state index in [-0.39, 0.29) is 12.0 Å². The number of hydrogen-bond acceptors (Lipinski definition) is 3. The maximum atomic E-state index is 11.8. The molecular weight excluding hydrogens is 278 g/mol. The molecule has 0 aliphatic rings. The maximum Gasteiger partial charge on any atom is 0.260 e. The third kappa shape index (κ3) is 6.26. The van der Waals surface area contributed by atoms with E-state index >= 15 is 0 Å². The molecule has 5 heteroatoms. The molecule has 1 amide bonds. The number of amides is 1. The van der Waals surface area contributed by atoms with Crippen LogP contribution in [0.5, 0.6) is 5.75 Å². The normalized spacial score (nSPS) is 12.2. The SMILES string of the molecule is CC(C)OCCCNC(=O)[C@@H](C)Oc1ccccc1Cl. The Balaban J connectivity index is 2.28. The van der Waals surface area contributed by atoms with Gasteiger partial charge in [-0.15, -0.1) is 0 Å². The summed E-state index contributed by atoms with van der Waals surface area (Å²) in [5.74, 6) is 0.356. The summed E-state index contributed by atoms with van der Waals surface area (Å²) in [5, 5.41) is 3.31. The molecule has 0 radical (unpaired) electrons. The molecule has 0 aliphatic carbocycles. The highest BCUT2D eigenvalue weighted by Gasteiger charge is 2.15. The van der Waals surface area contributed by atoms with Crippen LogP contribution >= 0.6 is 11.6 Å². The minimum atomic E-state index is -0.582. The van der Waals surface area contributed by atoms with Crippen LogP contribution in [0.25, 0.3) is 0 Å². The zero-order valence-electron chi connectivity index (χ0n) is 12.2. The molecule has 112 valence electrons. The van der Waals surface area contributed by atoms with Crippen molar-refractivity contribution in [1.29, 1.82) is 0 Å². The first-order chi connectivity index (χ1) is 9.50. The van der Waals surface area contributed by atoms with Crippen LogP contribution in [-0.4, -0.2) is 31.3 Å². The van der Waals surface area contributed by atoms with Crippen molar-refractivity contribution in [3.05, 3.63) is 29.3 Å². The summed E-state index contributed by atoms with van der Waals surface area (Å²) in [6.45, 7) is 6.87. The zero-order valence-corrected chi connectivity index (χ0v) is 12.9. The number of ether oxygens (including phenoxy) is 2. The molecule has 0 saturated heterocycles. The topological polar surface area (TPSA) is 47.6 Å². The Kier molecular flexibility index (Phi) is 7.41. The Morgan fingerprint density at radius 1 is 1.30 bits per heavy atom. The van der Waals surface area contributed by atoms with E-state index in [1.165, 1.54) is 0 Å². The molecule has 1 aromatic carbocycles. The summed E-state index contributed by atoms with van der Waals surface area (Å²) in [7, 11) is 0. The third-order valence-electron chi connectivity index (χ3n) is 2.58. The van der Waals surface area contributed by atoms with Crippen LogP contribution in [0, 0.1) is 0 Å². The smallest absolute Gasteiger partial charge is 0.260 e. The maximum absolute atomic E-state index is 11.8. The van der Waals surface area contributed by atoms with Gasteiger partial charge in [0.25, 0.3) is 5.91 Å². The first kappa shape index (κ1) is 16.8. The summed E-state index contributed by atoms with van der Waals surface area (Å²) < 4.78 is 10.9. The highest BCUT2D eigenvalue weighted by Crippen LogP contribution is 2.24. The standard InChI is InChI=1S/C15H22ClNO3/c1-11(2)19-10-6-9-17-15(18)12(3)20-14-8-5-4-7-13(14)16/h4-5,7-8,11-12H,6,9-10H2,1-3H3,(H,17,18)/t12-/m1/s1. The van der Waals surface area contributed by atoms with Crippen molar-refractivity contribution in [3.8, 4) is 5.75 Å². The fourth-order valence-corrected chi connectivity index (χ4v) is 1.71. The minimum absolute atomic E-state index is 0.158. The molecule has 0 unspecified atom stereocenters. The van der Waals surface area contributed by atoms with E-state index in [9.17, 15) is 4.79 Å². The minimum Gasteiger partial charge on any atom is -0.479 e. The molecule has 0 heterocycles. The van der Waals surface area contributed by atoms with E-state index in [2.05, 4.69) is 5.32 Å². The molecule has 20 heavy (non-hydrogen) atoms. The predicted molar refractivity (Wildman–Crippen MR) is 80.3 cm³/mol. The second-order valence-electron chi connectivity index (χ2n) is 4.75. The molecule has 1 N–H and O–H groups in total. The van der Waals surface area contributed by atoms with Crippen molar-refractivity contribution in [1.82, 2.24) is 5.32 Å². The number of benzene rings is 1. The Morgan fingerprint density at radius 3 is 2.65 bits per heavy atom. The summed E-state index contributed by atoms with van der Waals surface area (Å²) in [5.41, 5.74) is 0. The van der Waals surface area contributed by atoms with Crippen molar-refractivity contribution >= 4 is 17.5 Å². The largest absolute Gasteiger partial charge is 0.479 e. The molecule has 0 aromatic heterocycles. The van der Waals surface area contributed by atoms with Gasteiger partial charge in [0, 0.05) is 13.2 Å². The number of rotatable bonds is 8. The Morgan fingerprint density at radius 2 is 2.00 bits per heavy atom. The van der Waals surface area contributed by atoms with Crippen LogP contribution in [0.15, 0.2) is 24.3 Å². The van der Waals surface area contributed by atoms with Crippen LogP contribution in [0.3, 0.4) is 0 Å². The molecule has 1 aromatic rings. The van der Waals surface area contributed by atoms with Gasteiger partial charge in [-0.2, -0.15) is 0 Å². The molecule has 1 atom stereocenters. The van der Waals surface area contributed by atoms with Crippen molar-refractivity contribution in [2.75, 3.05) is 13.2 Å². The highest BCUT2D eigenvalue weighted by atomic mass is 35.5. The van der Waals surface area contributed by atoms with Gasteiger partial charge in [0.05, 0.1) is 11.1 Å². The van der Waals surface area contributed by atoms with Gasteiger partial charge in [0.15, 0.2) is 6.10 Å². The number of halogens is 1. The van der Waals surface area contributed by atoms with E-state index in [1.807, 2.05) is 26.0 Å². The van der Waals surface area contributed by atoms with Crippen LogP contribution in [0.4, 0.5) is 0 Å². The summed E-state index contributed by atoms with van der Waals surface area (Å²) in [6, 6.07) is 7.09. The van der Waals surface area contributed by atoms with E-state index in [0.29, 0.717) is 23.9 Å². The molecule has 4 nitrogen and oxygen atoms in total. The Hall–Kier alpha value is -1.26. The summed E-state index contributed by atoms with van der Waals surface area (Å²) in [4.78, 5) is 11.8. The van der Waals surface area contributed by atoms with Gasteiger partial charge in [-0.05, 0) is 39.3 Å². The zero-order chi connectivity index (χ0) is 15.0. The van der Waals surface area contributed by atoms with Crippen LogP contribution in [0.2, 0.25) is 5.02 Å². The highest BCUT2D eigenvalue weighted by molar-refractivity contribution is 6.32. The second kappa shape index (κ2) is 8.82. The lowest BCUT2D eigenvalue weighted by atomic mass is 10.3. The third-order valence-corrected chi connectivity index (χ3v) is 2.89. The molecular formula is C15H22ClNO3. The van der Waals surface area contributed by atoms with E-state index in [4.69, 9.17) is 21.1 Å². The van der Waals surface area contributed by atoms with Crippen molar-refractivity contribution < 1.29 is 14.3 Å². The first-order valence-electron chi connectivity index (χ1n) is 6.81. The van der Waals surface area contributed by atoms with Crippen molar-refractivity contribution in [3.63, 3.8) is 0 Å². The number of hydrogen-bond donors (Lipinski definition) is 1. The first-order valence-corrected chi connectivity index (χ1v) is 7.19. The lowest BCUT2D eigenvalue weighted by Crippen LogP contribution is -2.37. The van der Waals surface area contributed by atoms with Gasteiger partial charge >= 0.3 is 0 Å². The Labute approximate surface area is 125 Å². The average molecular weight is 300 g/mol. The second-order valence-corrected chi connectivity index (χ2v) is 5.16. The van der Waals surface area contributed by atoms with Gasteiger partial charge in [-0.3, -0.25) is 4.79 Å². The van der Waals surface area contributed by atoms with Gasteiger partial charge in [-0.25, -0.2) is 0 Å². The van der Waals surface area contributed by atoms with Gasteiger partial charge in [0.2, 0.25) is 0 Å². The summed E-state index contributed by atoms with van der Waals surface area (Å²) >= 11 is 5.97. The molecule has 1 rings (SSSR count). The van der Waals surface area contributed by atoms with Crippen molar-refractivity contribution in [2.24, 2.45) is 0 Å². The Bertz CT molecular complexity index is 423.